The van der Waals surface area contributed by atoms with Gasteiger partial charge >= 0.3 is 0 Å². The molecule has 0 radical (unpaired) electrons. The van der Waals surface area contributed by atoms with Gasteiger partial charge in [0.25, 0.3) is 0 Å². The fourth-order valence-electron chi connectivity index (χ4n) is 1.63. The van der Waals surface area contributed by atoms with Crippen LogP contribution in [0, 0.1) is 0 Å². The second kappa shape index (κ2) is 4.82. The first-order valence-corrected chi connectivity index (χ1v) is 5.47. The molecule has 4 heteroatoms. The predicted molar refractivity (Wildman–Crippen MR) is 64.3 cm³/mol. The molecule has 1 aromatic heterocycles. The number of aryl methyl sites for hydroxylation is 1. The van der Waals surface area contributed by atoms with Crippen LogP contribution in [0.4, 0.5) is 0 Å². The molecular weight excluding hydrogens is 216 g/mol. The highest BCUT2D eigenvalue weighted by atomic mass is 16.5. The van der Waals surface area contributed by atoms with E-state index in [0.717, 1.165) is 0 Å². The van der Waals surface area contributed by atoms with Crippen molar-refractivity contribution in [2.75, 3.05) is 6.61 Å². The van der Waals surface area contributed by atoms with Crippen LogP contribution in [0.1, 0.15) is 22.8 Å². The van der Waals surface area contributed by atoms with Gasteiger partial charge in [-0.15, -0.1) is 0 Å². The summed E-state index contributed by atoms with van der Waals surface area (Å²) in [7, 11) is 1.78. The molecule has 2 rings (SSSR count). The second-order valence-corrected chi connectivity index (χ2v) is 3.66. The first kappa shape index (κ1) is 11.4. The molecule has 4 nitrogen and oxygen atoms in total. The Morgan fingerprint density at radius 3 is 2.82 bits per heavy atom. The third-order valence-corrected chi connectivity index (χ3v) is 2.40. The van der Waals surface area contributed by atoms with Crippen LogP contribution in [0.3, 0.4) is 0 Å². The number of aromatic nitrogens is 2. The predicted octanol–water partition coefficient (Wildman–Crippen LogP) is 2.05. The number of carbonyl (C=O) groups excluding carboxylic acids is 1. The summed E-state index contributed by atoms with van der Waals surface area (Å²) < 4.78 is 7.05. The van der Waals surface area contributed by atoms with Gasteiger partial charge in [-0.3, -0.25) is 9.48 Å². The summed E-state index contributed by atoms with van der Waals surface area (Å²) in [6.07, 6.45) is 3.26. The minimum absolute atomic E-state index is 0.0675. The molecule has 2 aromatic rings. The SMILES string of the molecule is CCOc1ccccc1C(=O)c1cnn(C)c1. The summed E-state index contributed by atoms with van der Waals surface area (Å²) in [6, 6.07) is 7.24. The van der Waals surface area contributed by atoms with Gasteiger partial charge in [0.05, 0.1) is 23.9 Å². The molecule has 1 heterocycles. The summed E-state index contributed by atoms with van der Waals surface area (Å²) in [5.41, 5.74) is 1.14. The zero-order valence-electron chi connectivity index (χ0n) is 9.88. The molecule has 0 atom stereocenters. The van der Waals surface area contributed by atoms with E-state index < -0.39 is 0 Å². The minimum atomic E-state index is -0.0675. The van der Waals surface area contributed by atoms with Gasteiger partial charge in [0.15, 0.2) is 5.78 Å². The molecule has 0 aliphatic carbocycles. The topological polar surface area (TPSA) is 44.1 Å². The van der Waals surface area contributed by atoms with Crippen LogP contribution >= 0.6 is 0 Å². The van der Waals surface area contributed by atoms with Crippen molar-refractivity contribution in [3.05, 3.63) is 47.8 Å². The zero-order chi connectivity index (χ0) is 12.3. The molecule has 88 valence electrons. The van der Waals surface area contributed by atoms with Gasteiger partial charge in [0, 0.05) is 13.2 Å². The summed E-state index contributed by atoms with van der Waals surface area (Å²) in [6.45, 7) is 2.43. The Morgan fingerprint density at radius 1 is 1.41 bits per heavy atom. The van der Waals surface area contributed by atoms with E-state index in [1.54, 1.807) is 36.3 Å². The molecule has 0 bridgehead atoms. The summed E-state index contributed by atoms with van der Waals surface area (Å²) in [4.78, 5) is 12.2. The van der Waals surface area contributed by atoms with E-state index in [1.165, 1.54) is 0 Å². The second-order valence-electron chi connectivity index (χ2n) is 3.66. The van der Waals surface area contributed by atoms with Crippen LogP contribution in [-0.4, -0.2) is 22.2 Å². The molecule has 1 aromatic carbocycles. The number of ketones is 1. The Morgan fingerprint density at radius 2 is 2.18 bits per heavy atom. The van der Waals surface area contributed by atoms with Crippen LogP contribution in [0.25, 0.3) is 0 Å². The first-order chi connectivity index (χ1) is 8.22. The number of para-hydroxylation sites is 1. The van der Waals surface area contributed by atoms with E-state index in [9.17, 15) is 4.79 Å². The highest BCUT2D eigenvalue weighted by Crippen LogP contribution is 2.21. The van der Waals surface area contributed by atoms with Crippen molar-refractivity contribution >= 4 is 5.78 Å². The maximum absolute atomic E-state index is 12.2. The van der Waals surface area contributed by atoms with Gasteiger partial charge in [0.1, 0.15) is 5.75 Å². The molecule has 0 amide bonds. The van der Waals surface area contributed by atoms with E-state index in [0.29, 0.717) is 23.5 Å². The van der Waals surface area contributed by atoms with Crippen LogP contribution in [0.2, 0.25) is 0 Å². The summed E-state index contributed by atoms with van der Waals surface area (Å²) in [5, 5.41) is 3.99. The van der Waals surface area contributed by atoms with E-state index >= 15 is 0 Å². The molecule has 17 heavy (non-hydrogen) atoms. The third-order valence-electron chi connectivity index (χ3n) is 2.40. The minimum Gasteiger partial charge on any atom is -0.493 e. The Labute approximate surface area is 99.8 Å². The summed E-state index contributed by atoms with van der Waals surface area (Å²) >= 11 is 0. The molecule has 0 saturated heterocycles. The Balaban J connectivity index is 2.36. The first-order valence-electron chi connectivity index (χ1n) is 5.47. The van der Waals surface area contributed by atoms with E-state index in [2.05, 4.69) is 5.10 Å². The van der Waals surface area contributed by atoms with Crippen molar-refractivity contribution < 1.29 is 9.53 Å². The van der Waals surface area contributed by atoms with Gasteiger partial charge in [0.2, 0.25) is 0 Å². The van der Waals surface area contributed by atoms with Crippen LogP contribution in [0.5, 0.6) is 5.75 Å². The lowest BCUT2D eigenvalue weighted by Crippen LogP contribution is -2.04. The maximum Gasteiger partial charge on any atom is 0.199 e. The number of nitrogens with zero attached hydrogens (tertiary/aromatic N) is 2. The average molecular weight is 230 g/mol. The largest absolute Gasteiger partial charge is 0.493 e. The van der Waals surface area contributed by atoms with E-state index in [1.807, 2.05) is 19.1 Å². The van der Waals surface area contributed by atoms with E-state index in [4.69, 9.17) is 4.74 Å². The average Bonchev–Trinajstić information content (AvgIpc) is 2.76. The highest BCUT2D eigenvalue weighted by Gasteiger charge is 2.15. The van der Waals surface area contributed by atoms with E-state index in [-0.39, 0.29) is 5.78 Å². The van der Waals surface area contributed by atoms with Crippen molar-refractivity contribution in [2.24, 2.45) is 7.05 Å². The molecule has 0 unspecified atom stereocenters. The van der Waals surface area contributed by atoms with Crippen molar-refractivity contribution in [1.29, 1.82) is 0 Å². The lowest BCUT2D eigenvalue weighted by atomic mass is 10.1. The maximum atomic E-state index is 12.2. The van der Waals surface area contributed by atoms with Crippen molar-refractivity contribution in [2.45, 2.75) is 6.92 Å². The molecule has 0 saturated carbocycles. The Bertz CT molecular complexity index is 532. The molecule has 0 N–H and O–H groups in total. The molecule has 0 fully saturated rings. The number of rotatable bonds is 4. The third kappa shape index (κ3) is 2.36. The quantitative estimate of drug-likeness (QED) is 0.755. The lowest BCUT2D eigenvalue weighted by molar-refractivity contribution is 0.103. The van der Waals surface area contributed by atoms with Crippen LogP contribution < -0.4 is 4.74 Å². The standard InChI is InChI=1S/C13H14N2O2/c1-3-17-12-7-5-4-6-11(12)13(16)10-8-14-15(2)9-10/h4-9H,3H2,1-2H3. The highest BCUT2D eigenvalue weighted by molar-refractivity contribution is 6.10. The van der Waals surface area contributed by atoms with Gasteiger partial charge in [-0.2, -0.15) is 5.10 Å². The number of benzene rings is 1. The fourth-order valence-corrected chi connectivity index (χ4v) is 1.63. The number of hydrogen-bond acceptors (Lipinski definition) is 3. The Kier molecular flexibility index (Phi) is 3.23. The van der Waals surface area contributed by atoms with Crippen molar-refractivity contribution in [3.8, 4) is 5.75 Å². The van der Waals surface area contributed by atoms with Crippen molar-refractivity contribution in [1.82, 2.24) is 9.78 Å². The molecule has 0 aliphatic heterocycles. The smallest absolute Gasteiger partial charge is 0.199 e. The van der Waals surface area contributed by atoms with Gasteiger partial charge < -0.3 is 4.74 Å². The van der Waals surface area contributed by atoms with Crippen molar-refractivity contribution in [3.63, 3.8) is 0 Å². The van der Waals surface area contributed by atoms with Crippen LogP contribution in [-0.2, 0) is 7.05 Å². The fraction of sp³-hybridized carbons (Fsp3) is 0.231. The summed E-state index contributed by atoms with van der Waals surface area (Å²) in [5.74, 6) is 0.547. The molecule has 0 spiro atoms. The monoisotopic (exact) mass is 230 g/mol. The Hall–Kier alpha value is -2.10. The number of hydrogen-bond donors (Lipinski definition) is 0. The van der Waals surface area contributed by atoms with Crippen LogP contribution in [0.15, 0.2) is 36.7 Å². The number of carbonyl (C=O) groups is 1. The molecular formula is C13H14N2O2. The van der Waals surface area contributed by atoms with Gasteiger partial charge in [-0.25, -0.2) is 0 Å². The lowest BCUT2D eigenvalue weighted by Gasteiger charge is -2.07. The number of ether oxygens (including phenoxy) is 1. The van der Waals surface area contributed by atoms with Gasteiger partial charge in [-0.05, 0) is 19.1 Å². The normalized spacial score (nSPS) is 10.2. The zero-order valence-corrected chi connectivity index (χ0v) is 9.88. The van der Waals surface area contributed by atoms with Gasteiger partial charge in [-0.1, -0.05) is 12.1 Å². The molecule has 0 aliphatic rings.